The van der Waals surface area contributed by atoms with Crippen molar-refractivity contribution in [2.75, 3.05) is 18.0 Å². The van der Waals surface area contributed by atoms with Crippen molar-refractivity contribution in [2.45, 2.75) is 26.2 Å². The van der Waals surface area contributed by atoms with Gasteiger partial charge in [0, 0.05) is 47.2 Å². The van der Waals surface area contributed by atoms with Crippen LogP contribution in [0.1, 0.15) is 57.4 Å². The summed E-state index contributed by atoms with van der Waals surface area (Å²) in [6.45, 7) is 3.35. The molecule has 1 N–H and O–H groups in total. The summed E-state index contributed by atoms with van der Waals surface area (Å²) in [5.74, 6) is -0.810. The SMILES string of the molecule is CC1=NCC(Cc2ccc(C(=O)c3ccc(N(CC4CC4)c4ccc(Cl)cc4)cn3)cc2C(=O)O)C(c2ccccn2)=C1. The third kappa shape index (κ3) is 6.57. The zero-order chi connectivity index (χ0) is 29.9. The molecule has 2 aromatic heterocycles. The third-order valence-corrected chi connectivity index (χ3v) is 8.21. The van der Waals surface area contributed by atoms with E-state index in [1.807, 2.05) is 61.5 Å². The van der Waals surface area contributed by atoms with E-state index in [1.54, 1.807) is 30.6 Å². The van der Waals surface area contributed by atoms with E-state index in [-0.39, 0.29) is 28.5 Å². The van der Waals surface area contributed by atoms with Crippen LogP contribution < -0.4 is 4.90 Å². The largest absolute Gasteiger partial charge is 0.478 e. The number of aliphatic imine (C=N–C) groups is 1. The lowest BCUT2D eigenvalue weighted by atomic mass is 9.85. The molecular weight excluding hydrogens is 560 g/mol. The number of carboxylic acids is 1. The number of carbonyl (C=O) groups excluding carboxylic acids is 1. The Labute approximate surface area is 255 Å². The zero-order valence-electron chi connectivity index (χ0n) is 23.8. The molecule has 216 valence electrons. The van der Waals surface area contributed by atoms with Crippen LogP contribution in [0.2, 0.25) is 5.02 Å². The first-order chi connectivity index (χ1) is 20.9. The van der Waals surface area contributed by atoms with Crippen molar-refractivity contribution < 1.29 is 14.7 Å². The molecule has 0 spiro atoms. The van der Waals surface area contributed by atoms with Gasteiger partial charge in [0.2, 0.25) is 5.78 Å². The molecular formula is C35H31ClN4O3. The highest BCUT2D eigenvalue weighted by molar-refractivity contribution is 6.30. The van der Waals surface area contributed by atoms with Gasteiger partial charge in [-0.15, -0.1) is 0 Å². The highest BCUT2D eigenvalue weighted by atomic mass is 35.5. The van der Waals surface area contributed by atoms with Crippen molar-refractivity contribution in [3.05, 3.63) is 124 Å². The number of benzene rings is 2. The van der Waals surface area contributed by atoms with Gasteiger partial charge in [-0.25, -0.2) is 4.79 Å². The molecule has 0 radical (unpaired) electrons. The van der Waals surface area contributed by atoms with Crippen molar-refractivity contribution in [1.82, 2.24) is 9.97 Å². The second-order valence-corrected chi connectivity index (χ2v) is 11.6. The summed E-state index contributed by atoms with van der Waals surface area (Å²) in [5.41, 5.74) is 5.99. The molecule has 0 saturated heterocycles. The van der Waals surface area contributed by atoms with Crippen molar-refractivity contribution in [3.8, 4) is 0 Å². The van der Waals surface area contributed by atoms with E-state index in [0.717, 1.165) is 34.9 Å². The minimum Gasteiger partial charge on any atom is -0.478 e. The number of aromatic nitrogens is 2. The van der Waals surface area contributed by atoms with Gasteiger partial charge in [-0.3, -0.25) is 19.8 Å². The number of allylic oxidation sites excluding steroid dienone is 1. The third-order valence-electron chi connectivity index (χ3n) is 7.96. The summed E-state index contributed by atoms with van der Waals surface area (Å²) in [5, 5.41) is 10.8. The molecule has 1 atom stereocenters. The number of ketones is 1. The zero-order valence-corrected chi connectivity index (χ0v) is 24.5. The van der Waals surface area contributed by atoms with Crippen LogP contribution in [0.15, 0.2) is 96.3 Å². The van der Waals surface area contributed by atoms with E-state index in [4.69, 9.17) is 11.6 Å². The van der Waals surface area contributed by atoms with E-state index in [0.29, 0.717) is 29.5 Å². The highest BCUT2D eigenvalue weighted by Gasteiger charge is 2.27. The van der Waals surface area contributed by atoms with Crippen LogP contribution >= 0.6 is 11.6 Å². The summed E-state index contributed by atoms with van der Waals surface area (Å²) >= 11 is 6.11. The van der Waals surface area contributed by atoms with Crippen LogP contribution in [-0.4, -0.2) is 45.6 Å². The maximum Gasteiger partial charge on any atom is 0.335 e. The first kappa shape index (κ1) is 28.5. The maximum atomic E-state index is 13.5. The van der Waals surface area contributed by atoms with Gasteiger partial charge in [-0.05, 0) is 104 Å². The number of dihydropyridines is 1. The highest BCUT2D eigenvalue weighted by Crippen LogP contribution is 2.36. The molecule has 4 aromatic rings. The van der Waals surface area contributed by atoms with Crippen LogP contribution in [0, 0.1) is 11.8 Å². The number of nitrogens with zero attached hydrogens (tertiary/aromatic N) is 4. The van der Waals surface area contributed by atoms with Gasteiger partial charge in [-0.2, -0.15) is 0 Å². The summed E-state index contributed by atoms with van der Waals surface area (Å²) in [6, 6.07) is 21.9. The molecule has 3 heterocycles. The molecule has 0 amide bonds. The number of carboxylic acid groups (broad SMARTS) is 1. The molecule has 1 unspecified atom stereocenters. The molecule has 1 aliphatic carbocycles. The van der Waals surface area contributed by atoms with Crippen LogP contribution in [0.3, 0.4) is 0 Å². The summed E-state index contributed by atoms with van der Waals surface area (Å²) in [7, 11) is 0. The molecule has 43 heavy (non-hydrogen) atoms. The Morgan fingerprint density at radius 3 is 2.44 bits per heavy atom. The van der Waals surface area contributed by atoms with Gasteiger partial charge < -0.3 is 10.0 Å². The number of aromatic carboxylic acids is 1. The number of carbonyl (C=O) groups is 2. The lowest BCUT2D eigenvalue weighted by Crippen LogP contribution is -2.20. The smallest absolute Gasteiger partial charge is 0.335 e. The van der Waals surface area contributed by atoms with E-state index in [9.17, 15) is 14.7 Å². The number of hydrogen-bond donors (Lipinski definition) is 1. The second-order valence-electron chi connectivity index (χ2n) is 11.1. The van der Waals surface area contributed by atoms with E-state index >= 15 is 0 Å². The predicted molar refractivity (Wildman–Crippen MR) is 170 cm³/mol. The van der Waals surface area contributed by atoms with Gasteiger partial charge in [0.25, 0.3) is 0 Å². The molecule has 2 aromatic carbocycles. The van der Waals surface area contributed by atoms with E-state index in [2.05, 4.69) is 19.9 Å². The average Bonchev–Trinajstić information content (AvgIpc) is 3.86. The molecule has 7 nitrogen and oxygen atoms in total. The summed E-state index contributed by atoms with van der Waals surface area (Å²) in [6.07, 6.45) is 8.33. The quantitative estimate of drug-likeness (QED) is 0.194. The van der Waals surface area contributed by atoms with Crippen LogP contribution in [0.25, 0.3) is 5.57 Å². The lowest BCUT2D eigenvalue weighted by molar-refractivity contribution is 0.0695. The fraction of sp³-hybridized carbons (Fsp3) is 0.229. The monoisotopic (exact) mass is 590 g/mol. The second kappa shape index (κ2) is 12.3. The first-order valence-electron chi connectivity index (χ1n) is 14.4. The molecule has 2 aliphatic rings. The first-order valence-corrected chi connectivity index (χ1v) is 14.8. The van der Waals surface area contributed by atoms with Gasteiger partial charge in [0.15, 0.2) is 0 Å². The average molecular weight is 591 g/mol. The lowest BCUT2D eigenvalue weighted by Gasteiger charge is -2.25. The van der Waals surface area contributed by atoms with Crippen LogP contribution in [0.4, 0.5) is 11.4 Å². The van der Waals surface area contributed by atoms with Crippen molar-refractivity contribution in [3.63, 3.8) is 0 Å². The Kier molecular flexibility index (Phi) is 8.16. The van der Waals surface area contributed by atoms with Crippen LogP contribution in [0.5, 0.6) is 0 Å². The van der Waals surface area contributed by atoms with Gasteiger partial charge in [0.05, 0.1) is 23.1 Å². The molecule has 1 fully saturated rings. The fourth-order valence-electron chi connectivity index (χ4n) is 5.46. The minimum absolute atomic E-state index is 0.0355. The standard InChI is InChI=1S/C35H31ClN4O3/c1-22-16-30(32-4-2-3-15-37-32)26(19-38-22)17-24-7-8-25(18-31(24)35(42)43)34(41)33-14-13-29(20-39-33)40(21-23-5-6-23)28-11-9-27(36)10-12-28/h2-4,7-16,18,20,23,26H,5-6,17,19,21H2,1H3,(H,42,43). The Bertz CT molecular complexity index is 1710. The minimum atomic E-state index is -1.08. The van der Waals surface area contributed by atoms with Gasteiger partial charge in [0.1, 0.15) is 5.69 Å². The molecule has 0 bridgehead atoms. The Morgan fingerprint density at radius 1 is 0.977 bits per heavy atom. The molecule has 1 aliphatic heterocycles. The van der Waals surface area contributed by atoms with Crippen molar-refractivity contribution >= 4 is 46.0 Å². The predicted octanol–water partition coefficient (Wildman–Crippen LogP) is 7.32. The summed E-state index contributed by atoms with van der Waals surface area (Å²) in [4.78, 5) is 41.6. The maximum absolute atomic E-state index is 13.5. The van der Waals surface area contributed by atoms with E-state index < -0.39 is 5.97 Å². The number of anilines is 2. The Hall–Kier alpha value is -4.62. The van der Waals surface area contributed by atoms with Gasteiger partial charge >= 0.3 is 5.97 Å². The number of halogens is 1. The Balaban J connectivity index is 1.23. The van der Waals surface area contributed by atoms with Crippen molar-refractivity contribution in [1.29, 1.82) is 0 Å². The fourth-order valence-corrected chi connectivity index (χ4v) is 5.59. The topological polar surface area (TPSA) is 95.8 Å². The molecule has 6 rings (SSSR count). The van der Waals surface area contributed by atoms with Crippen LogP contribution in [-0.2, 0) is 6.42 Å². The van der Waals surface area contributed by atoms with Crippen molar-refractivity contribution in [2.24, 2.45) is 16.8 Å². The Morgan fingerprint density at radius 2 is 1.77 bits per heavy atom. The summed E-state index contributed by atoms with van der Waals surface area (Å²) < 4.78 is 0. The van der Waals surface area contributed by atoms with E-state index in [1.165, 1.54) is 18.9 Å². The molecule has 1 saturated carbocycles. The number of hydrogen-bond acceptors (Lipinski definition) is 6. The number of rotatable bonds is 10. The van der Waals surface area contributed by atoms with Gasteiger partial charge in [-0.1, -0.05) is 29.8 Å². The molecule has 8 heteroatoms. The normalized spacial score (nSPS) is 16.3. The number of pyridine rings is 2.